The molecule has 0 radical (unpaired) electrons. The monoisotopic (exact) mass is 306 g/mol. The number of alkyl carbamates (subject to hydrolysis) is 1. The van der Waals surface area contributed by atoms with Gasteiger partial charge in [-0.1, -0.05) is 12.1 Å². The molecular formula is C16H22N2O4. The molecule has 6 heteroatoms. The van der Waals surface area contributed by atoms with Gasteiger partial charge in [-0.25, -0.2) is 4.79 Å². The Hall–Kier alpha value is -2.24. The highest BCUT2D eigenvalue weighted by Gasteiger charge is 2.37. The molecule has 1 aromatic rings. The van der Waals surface area contributed by atoms with Crippen molar-refractivity contribution >= 4 is 12.0 Å². The normalized spacial score (nSPS) is 21.2. The van der Waals surface area contributed by atoms with Crippen LogP contribution in [0.3, 0.4) is 0 Å². The van der Waals surface area contributed by atoms with E-state index in [9.17, 15) is 9.59 Å². The lowest BCUT2D eigenvalue weighted by atomic mass is 9.94. The maximum atomic E-state index is 12.0. The Morgan fingerprint density at radius 1 is 1.27 bits per heavy atom. The van der Waals surface area contributed by atoms with Crippen LogP contribution in [0.4, 0.5) is 4.79 Å². The van der Waals surface area contributed by atoms with E-state index in [2.05, 4.69) is 10.6 Å². The predicted octanol–water partition coefficient (Wildman–Crippen LogP) is 1.80. The first-order valence-corrected chi connectivity index (χ1v) is 7.21. The van der Waals surface area contributed by atoms with E-state index in [1.54, 1.807) is 27.9 Å². The molecule has 2 atom stereocenters. The van der Waals surface area contributed by atoms with Crippen molar-refractivity contribution in [3.8, 4) is 5.75 Å². The highest BCUT2D eigenvalue weighted by molar-refractivity contribution is 5.89. The molecule has 0 bridgehead atoms. The van der Waals surface area contributed by atoms with Crippen LogP contribution in [0.25, 0.3) is 0 Å². The van der Waals surface area contributed by atoms with Crippen molar-refractivity contribution in [1.82, 2.24) is 10.6 Å². The summed E-state index contributed by atoms with van der Waals surface area (Å²) in [5.41, 5.74) is 0.356. The third kappa shape index (κ3) is 3.90. The zero-order valence-electron chi connectivity index (χ0n) is 13.3. The van der Waals surface area contributed by atoms with Gasteiger partial charge in [-0.3, -0.25) is 4.79 Å². The quantitative estimate of drug-likeness (QED) is 0.893. The van der Waals surface area contributed by atoms with E-state index in [4.69, 9.17) is 9.47 Å². The molecular weight excluding hydrogens is 284 g/mol. The minimum Gasteiger partial charge on any atom is -0.497 e. The number of carbonyl (C=O) groups excluding carboxylic acids is 2. The molecule has 2 N–H and O–H groups in total. The molecule has 22 heavy (non-hydrogen) atoms. The Labute approximate surface area is 130 Å². The third-order valence-electron chi connectivity index (χ3n) is 3.40. The molecule has 120 valence electrons. The van der Waals surface area contributed by atoms with E-state index in [0.717, 1.165) is 11.3 Å². The van der Waals surface area contributed by atoms with Crippen LogP contribution in [0.15, 0.2) is 24.3 Å². The molecule has 6 nitrogen and oxygen atoms in total. The van der Waals surface area contributed by atoms with Crippen LogP contribution in [-0.4, -0.2) is 37.3 Å². The average Bonchev–Trinajstić information content (AvgIpc) is 2.78. The molecule has 0 spiro atoms. The molecule has 1 fully saturated rings. The number of amides is 2. The molecule has 1 aliphatic rings. The number of methoxy groups -OCH3 is 1. The maximum Gasteiger partial charge on any atom is 0.408 e. The van der Waals surface area contributed by atoms with E-state index in [1.165, 1.54) is 0 Å². The largest absolute Gasteiger partial charge is 0.497 e. The lowest BCUT2D eigenvalue weighted by molar-refractivity contribution is -0.121. The zero-order chi connectivity index (χ0) is 16.3. The van der Waals surface area contributed by atoms with Crippen molar-refractivity contribution in [1.29, 1.82) is 0 Å². The fourth-order valence-corrected chi connectivity index (χ4v) is 2.38. The number of hydrogen-bond donors (Lipinski definition) is 2. The van der Waals surface area contributed by atoms with Crippen LogP contribution in [-0.2, 0) is 9.53 Å². The van der Waals surface area contributed by atoms with Crippen LogP contribution >= 0.6 is 0 Å². The zero-order valence-corrected chi connectivity index (χ0v) is 13.3. The Balaban J connectivity index is 2.10. The number of benzene rings is 1. The smallest absolute Gasteiger partial charge is 0.408 e. The van der Waals surface area contributed by atoms with Crippen molar-refractivity contribution in [2.45, 2.75) is 38.3 Å². The van der Waals surface area contributed by atoms with Gasteiger partial charge in [0.15, 0.2) is 0 Å². The molecule has 2 amide bonds. The SMILES string of the molecule is COc1ccc(C2CNC(=O)[C@@H]2NC(=O)OC(C)(C)C)cc1. The predicted molar refractivity (Wildman–Crippen MR) is 81.9 cm³/mol. The summed E-state index contributed by atoms with van der Waals surface area (Å²) in [6.07, 6.45) is -0.590. The summed E-state index contributed by atoms with van der Waals surface area (Å²) in [6.45, 7) is 5.82. The summed E-state index contributed by atoms with van der Waals surface area (Å²) in [7, 11) is 1.60. The summed E-state index contributed by atoms with van der Waals surface area (Å²) in [6, 6.07) is 6.83. The van der Waals surface area contributed by atoms with Gasteiger partial charge >= 0.3 is 6.09 Å². The Kier molecular flexibility index (Phi) is 4.59. The van der Waals surface area contributed by atoms with Crippen molar-refractivity contribution in [3.05, 3.63) is 29.8 Å². The lowest BCUT2D eigenvalue weighted by Crippen LogP contribution is -2.45. The summed E-state index contributed by atoms with van der Waals surface area (Å²) in [5.74, 6) is 0.412. The number of hydrogen-bond acceptors (Lipinski definition) is 4. The number of rotatable bonds is 3. The molecule has 1 saturated heterocycles. The van der Waals surface area contributed by atoms with Crippen molar-refractivity contribution < 1.29 is 19.1 Å². The summed E-state index contributed by atoms with van der Waals surface area (Å²) in [5, 5.41) is 5.43. The summed E-state index contributed by atoms with van der Waals surface area (Å²) < 4.78 is 10.3. The topological polar surface area (TPSA) is 76.7 Å². The Morgan fingerprint density at radius 2 is 1.91 bits per heavy atom. The lowest BCUT2D eigenvalue weighted by Gasteiger charge is -2.23. The number of nitrogens with one attached hydrogen (secondary N) is 2. The molecule has 1 aliphatic heterocycles. The van der Waals surface area contributed by atoms with Gasteiger partial charge in [-0.15, -0.1) is 0 Å². The summed E-state index contributed by atoms with van der Waals surface area (Å²) >= 11 is 0. The van der Waals surface area contributed by atoms with Crippen LogP contribution in [0, 0.1) is 0 Å². The standard InChI is InChI=1S/C16H22N2O4/c1-16(2,3)22-15(20)18-13-12(9-17-14(13)19)10-5-7-11(21-4)8-6-10/h5-8,12-13H,9H2,1-4H3,(H,17,19)(H,18,20)/t12?,13-/m1/s1. The fourth-order valence-electron chi connectivity index (χ4n) is 2.38. The van der Waals surface area contributed by atoms with Gasteiger partial charge in [-0.05, 0) is 38.5 Å². The van der Waals surface area contributed by atoms with Gasteiger partial charge in [-0.2, -0.15) is 0 Å². The third-order valence-corrected chi connectivity index (χ3v) is 3.40. The number of carbonyl (C=O) groups is 2. The first-order chi connectivity index (χ1) is 10.3. The van der Waals surface area contributed by atoms with Crippen LogP contribution in [0.1, 0.15) is 32.3 Å². The van der Waals surface area contributed by atoms with Gasteiger partial charge in [0.05, 0.1) is 7.11 Å². The Bertz CT molecular complexity index is 548. The van der Waals surface area contributed by atoms with Gasteiger partial charge in [0, 0.05) is 12.5 Å². The van der Waals surface area contributed by atoms with E-state index >= 15 is 0 Å². The highest BCUT2D eigenvalue weighted by atomic mass is 16.6. The molecule has 1 aromatic carbocycles. The second-order valence-electron chi connectivity index (χ2n) is 6.25. The van der Waals surface area contributed by atoms with Gasteiger partial charge in [0.1, 0.15) is 17.4 Å². The Morgan fingerprint density at radius 3 is 2.45 bits per heavy atom. The van der Waals surface area contributed by atoms with E-state index in [-0.39, 0.29) is 11.8 Å². The van der Waals surface area contributed by atoms with E-state index in [1.807, 2.05) is 24.3 Å². The van der Waals surface area contributed by atoms with Crippen LogP contribution < -0.4 is 15.4 Å². The van der Waals surface area contributed by atoms with Gasteiger partial charge < -0.3 is 20.1 Å². The first kappa shape index (κ1) is 16.1. The maximum absolute atomic E-state index is 12.0. The van der Waals surface area contributed by atoms with E-state index in [0.29, 0.717) is 6.54 Å². The van der Waals surface area contributed by atoms with E-state index < -0.39 is 17.7 Å². The van der Waals surface area contributed by atoms with Crippen molar-refractivity contribution in [2.24, 2.45) is 0 Å². The molecule has 1 heterocycles. The van der Waals surface area contributed by atoms with Gasteiger partial charge in [0.2, 0.25) is 5.91 Å². The second-order valence-corrected chi connectivity index (χ2v) is 6.25. The molecule has 0 aliphatic carbocycles. The average molecular weight is 306 g/mol. The minimum absolute atomic E-state index is 0.133. The molecule has 0 aromatic heterocycles. The van der Waals surface area contributed by atoms with Gasteiger partial charge in [0.25, 0.3) is 0 Å². The summed E-state index contributed by atoms with van der Waals surface area (Å²) in [4.78, 5) is 23.9. The first-order valence-electron chi connectivity index (χ1n) is 7.21. The second kappa shape index (κ2) is 6.25. The van der Waals surface area contributed by atoms with Crippen molar-refractivity contribution in [2.75, 3.05) is 13.7 Å². The van der Waals surface area contributed by atoms with Crippen LogP contribution in [0.5, 0.6) is 5.75 Å². The number of ether oxygens (including phenoxy) is 2. The minimum atomic E-state index is -0.636. The highest BCUT2D eigenvalue weighted by Crippen LogP contribution is 2.26. The molecule has 0 saturated carbocycles. The van der Waals surface area contributed by atoms with Crippen molar-refractivity contribution in [3.63, 3.8) is 0 Å². The van der Waals surface area contributed by atoms with Crippen LogP contribution in [0.2, 0.25) is 0 Å². The molecule has 1 unspecified atom stereocenters. The molecule has 2 rings (SSSR count). The fraction of sp³-hybridized carbons (Fsp3) is 0.500.